The second-order valence-corrected chi connectivity index (χ2v) is 3.66. The molecule has 1 aliphatic heterocycles. The van der Waals surface area contributed by atoms with Gasteiger partial charge in [0, 0.05) is 12.6 Å². The average Bonchev–Trinajstić information content (AvgIpc) is 2.04. The maximum atomic E-state index is 10.9. The summed E-state index contributed by atoms with van der Waals surface area (Å²) in [6.45, 7) is 3.50. The lowest BCUT2D eigenvalue weighted by Gasteiger charge is -2.34. The molecular weight excluding hydrogens is 168 g/mol. The topological polar surface area (TPSA) is 66.6 Å². The minimum absolute atomic E-state index is 0.155. The Morgan fingerprint density at radius 2 is 2.46 bits per heavy atom. The van der Waals surface area contributed by atoms with Crippen LogP contribution >= 0.6 is 0 Å². The van der Waals surface area contributed by atoms with Crippen molar-refractivity contribution >= 4 is 5.97 Å². The zero-order valence-corrected chi connectivity index (χ0v) is 8.07. The van der Waals surface area contributed by atoms with Crippen LogP contribution in [0.1, 0.15) is 26.2 Å². The lowest BCUT2D eigenvalue weighted by Crippen LogP contribution is -2.50. The van der Waals surface area contributed by atoms with Gasteiger partial charge in [-0.1, -0.05) is 6.92 Å². The lowest BCUT2D eigenvalue weighted by atomic mass is 10.0. The summed E-state index contributed by atoms with van der Waals surface area (Å²) in [5.41, 5.74) is 5.78. The maximum absolute atomic E-state index is 10.9. The predicted octanol–water partition coefficient (Wildman–Crippen LogP) is 0.273. The van der Waals surface area contributed by atoms with Crippen LogP contribution in [0, 0.1) is 0 Å². The van der Waals surface area contributed by atoms with Gasteiger partial charge in [0.05, 0.1) is 0 Å². The van der Waals surface area contributed by atoms with Gasteiger partial charge in [0.2, 0.25) is 0 Å². The molecular formula is C9H18N2O2. The number of likely N-dealkylation sites (tertiary alicyclic amines) is 1. The van der Waals surface area contributed by atoms with Crippen molar-refractivity contribution in [2.75, 3.05) is 13.1 Å². The van der Waals surface area contributed by atoms with Crippen molar-refractivity contribution in [1.29, 1.82) is 0 Å². The van der Waals surface area contributed by atoms with Gasteiger partial charge in [-0.05, 0) is 25.8 Å². The number of piperidine rings is 1. The van der Waals surface area contributed by atoms with E-state index in [2.05, 4.69) is 0 Å². The smallest absolute Gasteiger partial charge is 0.320 e. The molecule has 3 N–H and O–H groups in total. The van der Waals surface area contributed by atoms with Gasteiger partial charge < -0.3 is 10.8 Å². The molecule has 1 unspecified atom stereocenters. The first-order valence-electron chi connectivity index (χ1n) is 4.87. The standard InChI is InChI=1S/C9H18N2O2/c1-2-8(9(12)13)11-5-3-4-7(10)6-11/h7-8H,2-6,10H2,1H3,(H,12,13)/t7-,8?/m1/s1. The zero-order valence-electron chi connectivity index (χ0n) is 8.07. The van der Waals surface area contributed by atoms with E-state index in [1.165, 1.54) is 0 Å². The molecule has 0 aromatic carbocycles. The summed E-state index contributed by atoms with van der Waals surface area (Å²) in [7, 11) is 0. The first-order valence-corrected chi connectivity index (χ1v) is 4.87. The Bertz CT molecular complexity index is 184. The van der Waals surface area contributed by atoms with Crippen LogP contribution in [0.4, 0.5) is 0 Å². The Labute approximate surface area is 78.7 Å². The summed E-state index contributed by atoms with van der Waals surface area (Å²) in [5, 5.41) is 8.93. The Morgan fingerprint density at radius 1 is 1.77 bits per heavy atom. The van der Waals surface area contributed by atoms with Gasteiger partial charge in [-0.15, -0.1) is 0 Å². The van der Waals surface area contributed by atoms with Crippen LogP contribution in [0.3, 0.4) is 0 Å². The predicted molar refractivity (Wildman–Crippen MR) is 50.5 cm³/mol. The molecule has 1 heterocycles. The largest absolute Gasteiger partial charge is 0.480 e. The number of carboxylic acid groups (broad SMARTS) is 1. The molecule has 0 spiro atoms. The number of aliphatic carboxylic acids is 1. The quantitative estimate of drug-likeness (QED) is 0.664. The van der Waals surface area contributed by atoms with E-state index in [9.17, 15) is 4.79 Å². The molecule has 0 aromatic rings. The summed E-state index contributed by atoms with van der Waals surface area (Å²) in [5.74, 6) is -0.725. The van der Waals surface area contributed by atoms with Crippen LogP contribution < -0.4 is 5.73 Å². The van der Waals surface area contributed by atoms with E-state index >= 15 is 0 Å². The third-order valence-corrected chi connectivity index (χ3v) is 2.60. The first-order chi connectivity index (χ1) is 6.15. The Hall–Kier alpha value is -0.610. The maximum Gasteiger partial charge on any atom is 0.320 e. The van der Waals surface area contributed by atoms with Crippen molar-refractivity contribution in [2.45, 2.75) is 38.3 Å². The molecule has 1 aliphatic rings. The molecule has 0 aromatic heterocycles. The van der Waals surface area contributed by atoms with Crippen molar-refractivity contribution in [3.8, 4) is 0 Å². The van der Waals surface area contributed by atoms with Crippen molar-refractivity contribution in [1.82, 2.24) is 4.90 Å². The molecule has 0 bridgehead atoms. The first kappa shape index (κ1) is 10.5. The van der Waals surface area contributed by atoms with E-state index in [0.29, 0.717) is 6.42 Å². The van der Waals surface area contributed by atoms with Gasteiger partial charge in [-0.2, -0.15) is 0 Å². The van der Waals surface area contributed by atoms with Crippen molar-refractivity contribution in [2.24, 2.45) is 5.73 Å². The summed E-state index contributed by atoms with van der Waals surface area (Å²) in [6, 6.07) is -0.187. The average molecular weight is 186 g/mol. The monoisotopic (exact) mass is 186 g/mol. The molecule has 76 valence electrons. The molecule has 0 saturated carbocycles. The summed E-state index contributed by atoms with van der Waals surface area (Å²) in [6.07, 6.45) is 2.69. The SMILES string of the molecule is CCC(C(=O)O)N1CCC[C@@H](N)C1. The summed E-state index contributed by atoms with van der Waals surface area (Å²) < 4.78 is 0. The molecule has 1 rings (SSSR count). The van der Waals surface area contributed by atoms with Gasteiger partial charge in [0.1, 0.15) is 6.04 Å². The van der Waals surface area contributed by atoms with E-state index in [1.54, 1.807) is 0 Å². The lowest BCUT2D eigenvalue weighted by molar-refractivity contribution is -0.143. The van der Waals surface area contributed by atoms with Gasteiger partial charge in [-0.3, -0.25) is 9.69 Å². The number of carbonyl (C=O) groups is 1. The number of hydrogen-bond acceptors (Lipinski definition) is 3. The summed E-state index contributed by atoms with van der Waals surface area (Å²) in [4.78, 5) is 12.8. The van der Waals surface area contributed by atoms with Crippen LogP contribution in [-0.2, 0) is 4.79 Å². The van der Waals surface area contributed by atoms with E-state index in [4.69, 9.17) is 10.8 Å². The molecule has 0 radical (unpaired) electrons. The number of nitrogens with zero attached hydrogens (tertiary/aromatic N) is 1. The highest BCUT2D eigenvalue weighted by atomic mass is 16.4. The second-order valence-electron chi connectivity index (χ2n) is 3.66. The van der Waals surface area contributed by atoms with E-state index in [-0.39, 0.29) is 12.1 Å². The van der Waals surface area contributed by atoms with Crippen LogP contribution in [0.2, 0.25) is 0 Å². The van der Waals surface area contributed by atoms with Gasteiger partial charge in [-0.25, -0.2) is 0 Å². The number of hydrogen-bond donors (Lipinski definition) is 2. The number of nitrogens with two attached hydrogens (primary N) is 1. The minimum atomic E-state index is -0.725. The fourth-order valence-electron chi connectivity index (χ4n) is 1.91. The fourth-order valence-corrected chi connectivity index (χ4v) is 1.91. The van der Waals surface area contributed by atoms with Gasteiger partial charge >= 0.3 is 5.97 Å². The minimum Gasteiger partial charge on any atom is -0.480 e. The molecule has 0 aliphatic carbocycles. The van der Waals surface area contributed by atoms with Crippen molar-refractivity contribution < 1.29 is 9.90 Å². The second kappa shape index (κ2) is 4.58. The molecule has 13 heavy (non-hydrogen) atoms. The molecule has 4 heteroatoms. The third kappa shape index (κ3) is 2.67. The molecule has 2 atom stereocenters. The molecule has 1 saturated heterocycles. The highest BCUT2D eigenvalue weighted by molar-refractivity contribution is 5.73. The number of rotatable bonds is 3. The van der Waals surface area contributed by atoms with Crippen molar-refractivity contribution in [3.05, 3.63) is 0 Å². The normalized spacial score (nSPS) is 27.1. The van der Waals surface area contributed by atoms with Gasteiger partial charge in [0.15, 0.2) is 0 Å². The Morgan fingerprint density at radius 3 is 2.92 bits per heavy atom. The highest BCUT2D eigenvalue weighted by Gasteiger charge is 2.27. The fraction of sp³-hybridized carbons (Fsp3) is 0.889. The highest BCUT2D eigenvalue weighted by Crippen LogP contribution is 2.13. The zero-order chi connectivity index (χ0) is 9.84. The van der Waals surface area contributed by atoms with Crippen LogP contribution in [0.15, 0.2) is 0 Å². The van der Waals surface area contributed by atoms with E-state index < -0.39 is 5.97 Å². The Balaban J connectivity index is 2.52. The van der Waals surface area contributed by atoms with E-state index in [0.717, 1.165) is 25.9 Å². The van der Waals surface area contributed by atoms with Gasteiger partial charge in [0.25, 0.3) is 0 Å². The third-order valence-electron chi connectivity index (χ3n) is 2.60. The van der Waals surface area contributed by atoms with Crippen LogP contribution in [0.5, 0.6) is 0 Å². The Kier molecular flexibility index (Phi) is 3.69. The molecule has 4 nitrogen and oxygen atoms in total. The van der Waals surface area contributed by atoms with Crippen LogP contribution in [-0.4, -0.2) is 41.1 Å². The van der Waals surface area contributed by atoms with Crippen molar-refractivity contribution in [3.63, 3.8) is 0 Å². The molecule has 0 amide bonds. The molecule has 1 fully saturated rings. The summed E-state index contributed by atoms with van der Waals surface area (Å²) >= 11 is 0. The van der Waals surface area contributed by atoms with E-state index in [1.807, 2.05) is 11.8 Å². The van der Waals surface area contributed by atoms with Crippen LogP contribution in [0.25, 0.3) is 0 Å². The number of carboxylic acids is 1.